The van der Waals surface area contributed by atoms with Gasteiger partial charge in [0.15, 0.2) is 0 Å². The molecule has 0 amide bonds. The van der Waals surface area contributed by atoms with Gasteiger partial charge in [-0.2, -0.15) is 5.10 Å². The molecule has 2 N–H and O–H groups in total. The van der Waals surface area contributed by atoms with E-state index in [9.17, 15) is 0 Å². The number of H-pyrrole nitrogens is 1. The van der Waals surface area contributed by atoms with Crippen molar-refractivity contribution in [3.8, 4) is 0 Å². The van der Waals surface area contributed by atoms with Crippen LogP contribution in [0.4, 0.5) is 0 Å². The first kappa shape index (κ1) is 13.8. The Bertz CT molecular complexity index is 457. The van der Waals surface area contributed by atoms with Gasteiger partial charge in [-0.05, 0) is 38.9 Å². The van der Waals surface area contributed by atoms with Crippen LogP contribution in [0.2, 0.25) is 0 Å². The molecule has 0 saturated heterocycles. The third-order valence-electron chi connectivity index (χ3n) is 3.05. The Hall–Kier alpha value is -1.59. The summed E-state index contributed by atoms with van der Waals surface area (Å²) in [4.78, 5) is 0. The highest BCUT2D eigenvalue weighted by molar-refractivity contribution is 5.22. The van der Waals surface area contributed by atoms with Crippen molar-refractivity contribution in [2.45, 2.75) is 33.4 Å². The topological polar surface area (TPSA) is 63.1 Å². The molecule has 0 aliphatic carbocycles. The number of aromatic amines is 1. The van der Waals surface area contributed by atoms with E-state index in [2.05, 4.69) is 15.5 Å². The summed E-state index contributed by atoms with van der Waals surface area (Å²) in [5, 5.41) is 10.6. The minimum absolute atomic E-state index is 0.549. The Morgan fingerprint density at radius 2 is 2.32 bits per heavy atom. The van der Waals surface area contributed by atoms with Gasteiger partial charge < -0.3 is 14.5 Å². The summed E-state index contributed by atoms with van der Waals surface area (Å²) in [6.45, 7) is 7.13. The minimum Gasteiger partial charge on any atom is -0.467 e. The van der Waals surface area contributed by atoms with Gasteiger partial charge in [0.1, 0.15) is 12.4 Å². The lowest BCUT2D eigenvalue weighted by Gasteiger charge is -2.05. The number of ether oxygens (including phenoxy) is 1. The molecular formula is C14H21N3O2. The van der Waals surface area contributed by atoms with Gasteiger partial charge in [-0.1, -0.05) is 0 Å². The Kier molecular flexibility index (Phi) is 5.18. The van der Waals surface area contributed by atoms with Gasteiger partial charge in [0.05, 0.1) is 12.0 Å². The fourth-order valence-corrected chi connectivity index (χ4v) is 1.91. The molecule has 0 aliphatic heterocycles. The van der Waals surface area contributed by atoms with Crippen molar-refractivity contribution in [3.05, 3.63) is 41.1 Å². The lowest BCUT2D eigenvalue weighted by atomic mass is 10.2. The quantitative estimate of drug-likeness (QED) is 0.717. The van der Waals surface area contributed by atoms with Gasteiger partial charge >= 0.3 is 0 Å². The first-order chi connectivity index (χ1) is 9.27. The molecule has 2 rings (SSSR count). The molecule has 0 radical (unpaired) electrons. The average Bonchev–Trinajstić information content (AvgIpc) is 3.01. The van der Waals surface area contributed by atoms with E-state index in [1.807, 2.05) is 26.0 Å². The van der Waals surface area contributed by atoms with Crippen LogP contribution in [0.15, 0.2) is 22.8 Å². The van der Waals surface area contributed by atoms with Crippen LogP contribution < -0.4 is 5.32 Å². The molecule has 0 aromatic carbocycles. The smallest absolute Gasteiger partial charge is 0.129 e. The van der Waals surface area contributed by atoms with Gasteiger partial charge in [0, 0.05) is 24.4 Å². The zero-order valence-corrected chi connectivity index (χ0v) is 11.5. The predicted molar refractivity (Wildman–Crippen MR) is 72.7 cm³/mol. The highest BCUT2D eigenvalue weighted by atomic mass is 16.5. The molecule has 5 heteroatoms. The number of rotatable bonds is 8. The highest BCUT2D eigenvalue weighted by Gasteiger charge is 2.04. The minimum atomic E-state index is 0.549. The van der Waals surface area contributed by atoms with Crippen molar-refractivity contribution >= 4 is 0 Å². The van der Waals surface area contributed by atoms with Gasteiger partial charge in [0.25, 0.3) is 0 Å². The van der Waals surface area contributed by atoms with Crippen LogP contribution in [0.1, 0.15) is 29.1 Å². The van der Waals surface area contributed by atoms with E-state index in [-0.39, 0.29) is 0 Å². The van der Waals surface area contributed by atoms with Crippen LogP contribution in [0.25, 0.3) is 0 Å². The predicted octanol–water partition coefficient (Wildman–Crippen LogP) is 2.32. The number of nitrogens with zero attached hydrogens (tertiary/aromatic N) is 1. The molecular weight excluding hydrogens is 242 g/mol. The van der Waals surface area contributed by atoms with Crippen molar-refractivity contribution in [3.63, 3.8) is 0 Å². The maximum Gasteiger partial charge on any atom is 0.129 e. The van der Waals surface area contributed by atoms with Gasteiger partial charge in [-0.15, -0.1) is 0 Å². The maximum atomic E-state index is 5.51. The fourth-order valence-electron chi connectivity index (χ4n) is 1.91. The van der Waals surface area contributed by atoms with Crippen LogP contribution in [-0.4, -0.2) is 23.3 Å². The Morgan fingerprint density at radius 1 is 1.42 bits per heavy atom. The lowest BCUT2D eigenvalue weighted by molar-refractivity contribution is 0.104. The van der Waals surface area contributed by atoms with Crippen molar-refractivity contribution in [2.75, 3.05) is 13.2 Å². The van der Waals surface area contributed by atoms with Crippen molar-refractivity contribution in [1.82, 2.24) is 15.5 Å². The standard InChI is InChI=1S/C14H21N3O2/c1-11-14(12(2)17-16-11)9-15-6-4-7-18-10-13-5-3-8-19-13/h3,5,8,15H,4,6-7,9-10H2,1-2H3,(H,16,17). The second kappa shape index (κ2) is 7.11. The summed E-state index contributed by atoms with van der Waals surface area (Å²) in [7, 11) is 0. The van der Waals surface area contributed by atoms with E-state index in [0.717, 1.165) is 43.3 Å². The van der Waals surface area contributed by atoms with Crippen LogP contribution >= 0.6 is 0 Å². The molecule has 0 atom stereocenters. The molecule has 2 heterocycles. The number of aryl methyl sites for hydroxylation is 2. The van der Waals surface area contributed by atoms with Crippen molar-refractivity contribution in [1.29, 1.82) is 0 Å². The molecule has 104 valence electrons. The third-order valence-corrected chi connectivity index (χ3v) is 3.05. The van der Waals surface area contributed by atoms with Crippen LogP contribution in [0, 0.1) is 13.8 Å². The zero-order chi connectivity index (χ0) is 13.5. The number of nitrogens with one attached hydrogen (secondary N) is 2. The summed E-state index contributed by atoms with van der Waals surface area (Å²) in [5.74, 6) is 0.873. The number of hydrogen-bond acceptors (Lipinski definition) is 4. The number of aromatic nitrogens is 2. The van der Waals surface area contributed by atoms with E-state index >= 15 is 0 Å². The Morgan fingerprint density at radius 3 is 3.00 bits per heavy atom. The monoisotopic (exact) mass is 263 g/mol. The summed E-state index contributed by atoms with van der Waals surface area (Å²) in [6, 6.07) is 3.79. The first-order valence-electron chi connectivity index (χ1n) is 6.58. The number of hydrogen-bond donors (Lipinski definition) is 2. The van der Waals surface area contributed by atoms with Crippen LogP contribution in [0.3, 0.4) is 0 Å². The second-order valence-electron chi connectivity index (χ2n) is 4.57. The summed E-state index contributed by atoms with van der Waals surface area (Å²) >= 11 is 0. The van der Waals surface area contributed by atoms with Gasteiger partial charge in [-0.3, -0.25) is 5.10 Å². The van der Waals surface area contributed by atoms with E-state index < -0.39 is 0 Å². The van der Waals surface area contributed by atoms with Crippen molar-refractivity contribution < 1.29 is 9.15 Å². The Balaban J connectivity index is 1.53. The van der Waals surface area contributed by atoms with Crippen LogP contribution in [0.5, 0.6) is 0 Å². The molecule has 0 aliphatic rings. The molecule has 0 fully saturated rings. The fraction of sp³-hybridized carbons (Fsp3) is 0.500. The first-order valence-corrected chi connectivity index (χ1v) is 6.58. The zero-order valence-electron chi connectivity index (χ0n) is 11.5. The molecule has 0 unspecified atom stereocenters. The SMILES string of the molecule is Cc1n[nH]c(C)c1CNCCCOCc1ccco1. The van der Waals surface area contributed by atoms with Crippen LogP contribution in [-0.2, 0) is 17.9 Å². The molecule has 0 saturated carbocycles. The molecule has 19 heavy (non-hydrogen) atoms. The van der Waals surface area contributed by atoms with E-state index in [4.69, 9.17) is 9.15 Å². The van der Waals surface area contributed by atoms with E-state index in [1.54, 1.807) is 6.26 Å². The summed E-state index contributed by atoms with van der Waals surface area (Å²) in [6.07, 6.45) is 2.65. The van der Waals surface area contributed by atoms with E-state index in [0.29, 0.717) is 6.61 Å². The van der Waals surface area contributed by atoms with Gasteiger partial charge in [0.2, 0.25) is 0 Å². The molecule has 0 spiro atoms. The highest BCUT2D eigenvalue weighted by Crippen LogP contribution is 2.08. The van der Waals surface area contributed by atoms with Crippen molar-refractivity contribution in [2.24, 2.45) is 0 Å². The summed E-state index contributed by atoms with van der Waals surface area (Å²) < 4.78 is 10.7. The third kappa shape index (κ3) is 4.22. The molecule has 0 bridgehead atoms. The summed E-state index contributed by atoms with van der Waals surface area (Å²) in [5.41, 5.74) is 3.47. The van der Waals surface area contributed by atoms with E-state index in [1.165, 1.54) is 5.56 Å². The van der Waals surface area contributed by atoms with Gasteiger partial charge in [-0.25, -0.2) is 0 Å². The number of furan rings is 1. The average molecular weight is 263 g/mol. The molecule has 2 aromatic rings. The normalized spacial score (nSPS) is 11.1. The molecule has 5 nitrogen and oxygen atoms in total. The Labute approximate surface area is 113 Å². The molecule has 2 aromatic heterocycles. The lowest BCUT2D eigenvalue weighted by Crippen LogP contribution is -2.17. The maximum absolute atomic E-state index is 5.51. The second-order valence-corrected chi connectivity index (χ2v) is 4.57. The largest absolute Gasteiger partial charge is 0.467 e.